The van der Waals surface area contributed by atoms with E-state index in [1.54, 1.807) is 13.0 Å². The first kappa shape index (κ1) is 60.7. The number of alkyl halides is 6. The molecular formula is C64H82Cl6N2O10. The molecule has 2 aromatic carbocycles. The molecule has 2 N–H and O–H groups in total. The number of fused-ring (bicyclic) bond motifs is 18. The van der Waals surface area contributed by atoms with Crippen LogP contribution in [0.5, 0.6) is 23.0 Å². The minimum Gasteiger partial charge on any atom is -0.482 e. The highest BCUT2D eigenvalue weighted by molar-refractivity contribution is 6.68. The molecule has 11 rings (SSSR count). The van der Waals surface area contributed by atoms with Gasteiger partial charge < -0.3 is 28.4 Å². The summed E-state index contributed by atoms with van der Waals surface area (Å²) in [6, 6.07) is 4.06. The SMILES string of the molecule is COC(=O)[C@]1(C)CC[C@]2(C)CC[C@]3(C)[C@H]4C=Cc5c(cc6c(c5C)O[C@@H]5c7c(cc(OC(=O)NC(Cl)(Cl)Cl)c(OC(=O)NC(Cl)(Cl)Cl)c7C)[C@]7(C)CC[C@@]8(C)[C@@H]9C[C@](C)(C(=O)OC)CC[C@]9(C)CC[C@]8(C)[C@H]7[C@@H]5O6)[C@]4(C)CC[C@@]3(C)[C@@H]2C1. The van der Waals surface area contributed by atoms with Gasteiger partial charge in [-0.1, -0.05) is 137 Å². The molecule has 0 saturated heterocycles. The van der Waals surface area contributed by atoms with Gasteiger partial charge in [0, 0.05) is 33.4 Å². The second-order valence-corrected chi connectivity index (χ2v) is 34.0. The van der Waals surface area contributed by atoms with Gasteiger partial charge >= 0.3 is 24.1 Å². The van der Waals surface area contributed by atoms with Gasteiger partial charge in [0.25, 0.3) is 7.83 Å². The van der Waals surface area contributed by atoms with E-state index in [0.717, 1.165) is 99.3 Å². The number of nitrogens with one attached hydrogen (secondary N) is 2. The summed E-state index contributed by atoms with van der Waals surface area (Å²) in [7, 11) is 3.02. The second kappa shape index (κ2) is 19.2. The molecule has 9 aliphatic rings. The zero-order valence-electron chi connectivity index (χ0n) is 50.0. The van der Waals surface area contributed by atoms with Gasteiger partial charge in [0.1, 0.15) is 6.10 Å². The third kappa shape index (κ3) is 8.71. The maximum absolute atomic E-state index is 13.8. The van der Waals surface area contributed by atoms with Gasteiger partial charge in [-0.2, -0.15) is 0 Å². The molecule has 0 radical (unpaired) electrons. The summed E-state index contributed by atoms with van der Waals surface area (Å²) in [5.41, 5.74) is 2.49. The lowest BCUT2D eigenvalue weighted by Crippen LogP contribution is -2.69. The van der Waals surface area contributed by atoms with Gasteiger partial charge in [-0.25, -0.2) is 9.59 Å². The third-order valence-corrected chi connectivity index (χ3v) is 26.1. The van der Waals surface area contributed by atoms with Crippen molar-refractivity contribution >= 4 is 99.8 Å². The van der Waals surface area contributed by atoms with Crippen LogP contribution in [0.1, 0.15) is 199 Å². The van der Waals surface area contributed by atoms with Crippen LogP contribution in [0.2, 0.25) is 0 Å². The number of rotatable bonds is 4. The summed E-state index contributed by atoms with van der Waals surface area (Å²) in [6.45, 7) is 27.8. The fraction of sp³-hybridized carbons (Fsp3) is 0.719. The summed E-state index contributed by atoms with van der Waals surface area (Å²) in [4.78, 5) is 54.6. The van der Waals surface area contributed by atoms with Crippen LogP contribution in [0.3, 0.4) is 0 Å². The molecule has 6 saturated carbocycles. The number of amides is 2. The Morgan fingerprint density at radius 1 is 0.573 bits per heavy atom. The van der Waals surface area contributed by atoms with Crippen LogP contribution < -0.4 is 29.6 Å². The lowest BCUT2D eigenvalue weighted by Gasteiger charge is -2.73. The molecule has 0 spiro atoms. The largest absolute Gasteiger partial charge is 0.482 e. The maximum Gasteiger partial charge on any atom is 0.416 e. The van der Waals surface area contributed by atoms with Crippen molar-refractivity contribution in [3.8, 4) is 23.0 Å². The van der Waals surface area contributed by atoms with E-state index in [4.69, 9.17) is 98.0 Å². The first-order valence-corrected chi connectivity index (χ1v) is 31.8. The average Bonchev–Trinajstić information content (AvgIpc) is 0.699. The van der Waals surface area contributed by atoms with E-state index in [9.17, 15) is 19.2 Å². The van der Waals surface area contributed by atoms with Crippen molar-refractivity contribution in [3.05, 3.63) is 51.6 Å². The monoisotopic (exact) mass is 1250 g/mol. The molecular weight excluding hydrogens is 1170 g/mol. The molecule has 0 bridgehead atoms. The predicted molar refractivity (Wildman–Crippen MR) is 320 cm³/mol. The maximum atomic E-state index is 13.8. The molecule has 450 valence electrons. The number of esters is 2. The predicted octanol–water partition coefficient (Wildman–Crippen LogP) is 17.0. The van der Waals surface area contributed by atoms with Gasteiger partial charge in [0.15, 0.2) is 29.1 Å². The van der Waals surface area contributed by atoms with Crippen molar-refractivity contribution in [2.75, 3.05) is 14.2 Å². The smallest absolute Gasteiger partial charge is 0.416 e. The zero-order valence-corrected chi connectivity index (χ0v) is 54.6. The summed E-state index contributed by atoms with van der Waals surface area (Å²) >= 11 is 36.3. The van der Waals surface area contributed by atoms with Crippen LogP contribution in [0.25, 0.3) is 6.08 Å². The Bertz CT molecular complexity index is 3110. The molecule has 82 heavy (non-hydrogen) atoms. The van der Waals surface area contributed by atoms with Crippen LogP contribution >= 0.6 is 69.6 Å². The summed E-state index contributed by atoms with van der Waals surface area (Å²) in [5, 5.41) is 4.42. The van der Waals surface area contributed by atoms with Gasteiger partial charge in [-0.05, 0) is 197 Å². The number of carbonyl (C=O) groups is 4. The lowest BCUT2D eigenvalue weighted by molar-refractivity contribution is -0.238. The number of hydrogen-bond acceptors (Lipinski definition) is 10. The molecule has 0 aromatic heterocycles. The number of ether oxygens (including phenoxy) is 6. The van der Waals surface area contributed by atoms with Crippen molar-refractivity contribution < 1.29 is 47.6 Å². The highest BCUT2D eigenvalue weighted by Gasteiger charge is 2.73. The number of methoxy groups -OCH3 is 2. The molecule has 0 unspecified atom stereocenters. The van der Waals surface area contributed by atoms with Crippen molar-refractivity contribution in [3.63, 3.8) is 0 Å². The van der Waals surface area contributed by atoms with E-state index in [2.05, 4.69) is 105 Å². The third-order valence-electron chi connectivity index (χ3n) is 25.6. The van der Waals surface area contributed by atoms with Gasteiger partial charge in [0.2, 0.25) is 0 Å². The number of carbonyl (C=O) groups excluding carboxylic acids is 4. The van der Waals surface area contributed by atoms with E-state index >= 15 is 0 Å². The topological polar surface area (TPSA) is 148 Å². The van der Waals surface area contributed by atoms with Crippen LogP contribution in [0.15, 0.2) is 18.2 Å². The summed E-state index contributed by atoms with van der Waals surface area (Å²) in [5.74, 6) is 1.28. The van der Waals surface area contributed by atoms with E-state index in [0.29, 0.717) is 35.8 Å². The Balaban J connectivity index is 1.07. The minimum absolute atomic E-state index is 0.0255. The molecule has 2 amide bonds. The quantitative estimate of drug-likeness (QED) is 0.172. The Morgan fingerprint density at radius 3 is 1.60 bits per heavy atom. The molecule has 8 aliphatic carbocycles. The summed E-state index contributed by atoms with van der Waals surface area (Å²) in [6.07, 6.45) is 13.8. The van der Waals surface area contributed by atoms with Crippen molar-refractivity contribution in [1.29, 1.82) is 0 Å². The van der Waals surface area contributed by atoms with Crippen LogP contribution in [0.4, 0.5) is 9.59 Å². The van der Waals surface area contributed by atoms with Gasteiger partial charge in [0.05, 0.1) is 25.0 Å². The molecule has 1 heterocycles. The molecule has 16 atom stereocenters. The molecule has 18 heteroatoms. The summed E-state index contributed by atoms with van der Waals surface area (Å²) < 4.78 is 34.2. The van der Waals surface area contributed by atoms with Crippen LogP contribution in [0, 0.1) is 80.8 Å². The van der Waals surface area contributed by atoms with Gasteiger partial charge in [-0.15, -0.1) is 0 Å². The van der Waals surface area contributed by atoms with Gasteiger partial charge in [-0.3, -0.25) is 20.2 Å². The number of allylic oxidation sites excluding steroid dienone is 1. The molecule has 1 aliphatic heterocycles. The number of hydrogen-bond donors (Lipinski definition) is 2. The number of halogens is 6. The number of benzene rings is 2. The Morgan fingerprint density at radius 2 is 1.06 bits per heavy atom. The Labute approximate surface area is 514 Å². The lowest BCUT2D eigenvalue weighted by atomic mass is 9.32. The normalized spacial score (nSPS) is 42.0. The zero-order chi connectivity index (χ0) is 59.9. The fourth-order valence-corrected chi connectivity index (χ4v) is 21.0. The second-order valence-electron chi connectivity index (χ2n) is 29.5. The fourth-order valence-electron chi connectivity index (χ4n) is 20.5. The van der Waals surface area contributed by atoms with Crippen molar-refractivity contribution in [1.82, 2.24) is 10.6 Å². The van der Waals surface area contributed by atoms with Crippen LogP contribution in [-0.2, 0) is 29.9 Å². The van der Waals surface area contributed by atoms with Crippen molar-refractivity contribution in [2.24, 2.45) is 67.0 Å². The average molecular weight is 1250 g/mol. The Hall–Kier alpha value is -3.00. The van der Waals surface area contributed by atoms with E-state index in [1.807, 2.05) is 0 Å². The first-order valence-electron chi connectivity index (χ1n) is 29.5. The van der Waals surface area contributed by atoms with Crippen LogP contribution in [-0.4, -0.2) is 52.3 Å². The first-order chi connectivity index (χ1) is 37.8. The highest BCUT2D eigenvalue weighted by atomic mass is 35.6. The van der Waals surface area contributed by atoms with E-state index in [1.165, 1.54) is 19.8 Å². The highest BCUT2D eigenvalue weighted by Crippen LogP contribution is 2.79. The molecule has 6 fully saturated rings. The molecule has 2 aromatic rings. The van der Waals surface area contributed by atoms with E-state index in [-0.39, 0.29) is 73.7 Å². The van der Waals surface area contributed by atoms with E-state index < -0.39 is 53.9 Å². The van der Waals surface area contributed by atoms with Crippen molar-refractivity contribution in [2.45, 2.75) is 204 Å². The standard InChI is InChI=1S/C64H82Cl6N2O10/c1-33-35-15-16-40-57(7,23-27-60(10)41-31-55(5,49(73)77-13)19-17-53(41,3)21-25-59(40,60)9)36(35)29-38-44(33)81-46-43-34(2)45(82-52(76)72-64(68,69)70)39(80-51(75)71-63(65,66)67)30-37(43)58(8)24-28-61(11)42-32-56(6,50(74)78-14)20-18-54(42,4)22-26-62(61,12)48(58)47(46)79-38/h15-16,29-30,40-42,46-48H,17-28,31-32H2,1-14H3,(H,71,75)(H,72,76)/t40-,41+,42+,46+,47+,48-,53+,54+,55+,56+,57-,58-,59+,60-,61-,62+/m0/s1. The minimum atomic E-state index is -2.24. The Kier molecular flexibility index (Phi) is 14.2. The molecule has 12 nitrogen and oxygen atoms in total.